The third kappa shape index (κ3) is 2.23. The Morgan fingerprint density at radius 3 is 2.94 bits per heavy atom. The van der Waals surface area contributed by atoms with E-state index in [1.54, 1.807) is 11.3 Å². The zero-order valence-electron chi connectivity index (χ0n) is 10.3. The van der Waals surface area contributed by atoms with Gasteiger partial charge < -0.3 is 15.0 Å². The molecular formula is C14H17N2OS. The van der Waals surface area contributed by atoms with Crippen molar-refractivity contribution in [1.82, 2.24) is 5.32 Å². The van der Waals surface area contributed by atoms with Crippen LogP contribution in [-0.2, 0) is 11.3 Å². The Hall–Kier alpha value is -1.10. The van der Waals surface area contributed by atoms with Crippen molar-refractivity contribution in [3.05, 3.63) is 36.3 Å². The molecule has 1 aliphatic heterocycles. The quantitative estimate of drug-likeness (QED) is 0.919. The zero-order chi connectivity index (χ0) is 12.4. The van der Waals surface area contributed by atoms with Crippen molar-refractivity contribution in [3.63, 3.8) is 0 Å². The van der Waals surface area contributed by atoms with Gasteiger partial charge in [0.2, 0.25) is 0 Å². The molecule has 0 amide bonds. The topological polar surface area (TPSA) is 24.5 Å². The van der Waals surface area contributed by atoms with Crippen LogP contribution in [0.25, 0.3) is 10.1 Å². The van der Waals surface area contributed by atoms with Gasteiger partial charge >= 0.3 is 0 Å². The van der Waals surface area contributed by atoms with Crippen LogP contribution in [0.5, 0.6) is 0 Å². The normalized spacial score (nSPS) is 16.4. The maximum atomic E-state index is 4.98. The third-order valence-electron chi connectivity index (χ3n) is 3.29. The van der Waals surface area contributed by atoms with E-state index < -0.39 is 0 Å². The summed E-state index contributed by atoms with van der Waals surface area (Å²) in [7, 11) is 3.45. The van der Waals surface area contributed by atoms with E-state index in [2.05, 4.69) is 41.6 Å². The van der Waals surface area contributed by atoms with Gasteiger partial charge in [0.05, 0.1) is 13.7 Å². The lowest BCUT2D eigenvalue weighted by atomic mass is 10.2. The number of hydrogen-bond donors (Lipinski definition) is 1. The Morgan fingerprint density at radius 2 is 2.17 bits per heavy atom. The van der Waals surface area contributed by atoms with Crippen LogP contribution < -0.4 is 10.2 Å². The van der Waals surface area contributed by atoms with Crippen molar-refractivity contribution in [1.29, 1.82) is 0 Å². The summed E-state index contributed by atoms with van der Waals surface area (Å²) in [6, 6.07) is 8.78. The summed E-state index contributed by atoms with van der Waals surface area (Å²) < 4.78 is 6.31. The molecule has 1 aromatic heterocycles. The first-order valence-electron chi connectivity index (χ1n) is 6.22. The van der Waals surface area contributed by atoms with Crippen LogP contribution in [0.4, 0.5) is 5.69 Å². The van der Waals surface area contributed by atoms with Gasteiger partial charge in [-0.05, 0) is 18.2 Å². The smallest absolute Gasteiger partial charge is 0.0810 e. The fourth-order valence-electron chi connectivity index (χ4n) is 2.45. The zero-order valence-corrected chi connectivity index (χ0v) is 11.1. The molecule has 1 radical (unpaired) electrons. The number of hydrogen-bond acceptors (Lipinski definition) is 4. The van der Waals surface area contributed by atoms with E-state index in [9.17, 15) is 0 Å². The summed E-state index contributed by atoms with van der Waals surface area (Å²) in [5, 5.41) is 4.73. The van der Waals surface area contributed by atoms with Crippen molar-refractivity contribution in [2.45, 2.75) is 6.61 Å². The summed E-state index contributed by atoms with van der Waals surface area (Å²) in [4.78, 5) is 3.70. The lowest BCUT2D eigenvalue weighted by Crippen LogP contribution is -2.43. The van der Waals surface area contributed by atoms with Crippen LogP contribution in [0.1, 0.15) is 4.88 Å². The van der Waals surface area contributed by atoms with Crippen LogP contribution in [0.15, 0.2) is 24.3 Å². The predicted molar refractivity (Wildman–Crippen MR) is 77.1 cm³/mol. The van der Waals surface area contributed by atoms with Crippen molar-refractivity contribution in [3.8, 4) is 0 Å². The van der Waals surface area contributed by atoms with E-state index in [4.69, 9.17) is 4.74 Å². The highest BCUT2D eigenvalue weighted by Gasteiger charge is 2.14. The van der Waals surface area contributed by atoms with Crippen LogP contribution in [0.3, 0.4) is 0 Å². The largest absolute Gasteiger partial charge is 0.374 e. The maximum Gasteiger partial charge on any atom is 0.0810 e. The highest BCUT2D eigenvalue weighted by atomic mass is 32.1. The van der Waals surface area contributed by atoms with Crippen molar-refractivity contribution in [2.75, 3.05) is 31.1 Å². The standard InChI is InChI=1S/C14H17N2OS/c1-17-10-11-9-12-13(3-2-4-14(12)18-11)16-7-5-15-6-8-16/h2-4,9,15H,1,5-8,10H2. The number of rotatable bonds is 3. The molecule has 1 saturated heterocycles. The molecule has 2 aromatic rings. The van der Waals surface area contributed by atoms with Gasteiger partial charge in [0.1, 0.15) is 0 Å². The minimum Gasteiger partial charge on any atom is -0.374 e. The van der Waals surface area contributed by atoms with E-state index in [0.29, 0.717) is 6.61 Å². The molecule has 1 N–H and O–H groups in total. The Labute approximate surface area is 111 Å². The van der Waals surface area contributed by atoms with Crippen molar-refractivity contribution < 1.29 is 4.74 Å². The number of piperazine rings is 1. The molecule has 0 bridgehead atoms. The van der Waals surface area contributed by atoms with E-state index in [1.165, 1.54) is 20.7 Å². The molecule has 0 aliphatic carbocycles. The van der Waals surface area contributed by atoms with Crippen molar-refractivity contribution >= 4 is 27.1 Å². The summed E-state index contributed by atoms with van der Waals surface area (Å²) in [6.45, 7) is 4.89. The number of nitrogens with one attached hydrogen (secondary N) is 1. The summed E-state index contributed by atoms with van der Waals surface area (Å²) in [5.74, 6) is 0. The predicted octanol–water partition coefficient (Wildman–Crippen LogP) is 2.62. The third-order valence-corrected chi connectivity index (χ3v) is 4.37. The summed E-state index contributed by atoms with van der Waals surface area (Å²) in [6.07, 6.45) is 0. The minimum absolute atomic E-state index is 0.598. The Morgan fingerprint density at radius 1 is 1.33 bits per heavy atom. The molecule has 1 fully saturated rings. The van der Waals surface area contributed by atoms with E-state index in [1.807, 2.05) is 0 Å². The Balaban J connectivity index is 1.99. The molecule has 2 heterocycles. The van der Waals surface area contributed by atoms with Crippen LogP contribution in [0, 0.1) is 7.11 Å². The molecule has 0 atom stereocenters. The van der Waals surface area contributed by atoms with Gasteiger partial charge in [-0.1, -0.05) is 6.07 Å². The molecular weight excluding hydrogens is 244 g/mol. The van der Waals surface area contributed by atoms with E-state index >= 15 is 0 Å². The number of thiophene rings is 1. The van der Waals surface area contributed by atoms with Crippen molar-refractivity contribution in [2.24, 2.45) is 0 Å². The monoisotopic (exact) mass is 261 g/mol. The number of ether oxygens (including phenoxy) is 1. The lowest BCUT2D eigenvalue weighted by Gasteiger charge is -2.30. The highest BCUT2D eigenvalue weighted by Crippen LogP contribution is 2.33. The second-order valence-corrected chi connectivity index (χ2v) is 5.66. The molecule has 0 spiro atoms. The van der Waals surface area contributed by atoms with Crippen LogP contribution in [0.2, 0.25) is 0 Å². The first-order chi connectivity index (χ1) is 8.88. The first kappa shape index (κ1) is 12.0. The second-order valence-electron chi connectivity index (χ2n) is 4.49. The molecule has 1 aromatic carbocycles. The average molecular weight is 261 g/mol. The lowest BCUT2D eigenvalue weighted by molar-refractivity contribution is 0.232. The Bertz CT molecular complexity index is 532. The van der Waals surface area contributed by atoms with E-state index in [-0.39, 0.29) is 0 Å². The van der Waals surface area contributed by atoms with Gasteiger partial charge in [0.15, 0.2) is 0 Å². The Kier molecular flexibility index (Phi) is 3.50. The molecule has 0 saturated carbocycles. The van der Waals surface area contributed by atoms with Gasteiger partial charge in [-0.25, -0.2) is 0 Å². The first-order valence-corrected chi connectivity index (χ1v) is 7.04. The van der Waals surface area contributed by atoms with E-state index in [0.717, 1.165) is 26.2 Å². The molecule has 4 heteroatoms. The minimum atomic E-state index is 0.598. The molecule has 18 heavy (non-hydrogen) atoms. The number of fused-ring (bicyclic) bond motifs is 1. The molecule has 1 aliphatic rings. The number of anilines is 1. The summed E-state index contributed by atoms with van der Waals surface area (Å²) in [5.41, 5.74) is 1.35. The number of nitrogens with zero attached hydrogens (tertiary/aromatic N) is 1. The molecule has 0 unspecified atom stereocenters. The molecule has 95 valence electrons. The maximum absolute atomic E-state index is 4.98. The molecule has 3 rings (SSSR count). The van der Waals surface area contributed by atoms with Gasteiger partial charge in [0, 0.05) is 46.8 Å². The van der Waals surface area contributed by atoms with Gasteiger partial charge in [0.25, 0.3) is 0 Å². The van der Waals surface area contributed by atoms with Crippen LogP contribution >= 0.6 is 11.3 Å². The highest BCUT2D eigenvalue weighted by molar-refractivity contribution is 7.19. The fraction of sp³-hybridized carbons (Fsp3) is 0.357. The SMILES string of the molecule is [CH2]OCc1cc2c(N3CCNCC3)cccc2s1. The number of benzene rings is 1. The van der Waals surface area contributed by atoms with Gasteiger partial charge in [-0.3, -0.25) is 0 Å². The second kappa shape index (κ2) is 5.26. The van der Waals surface area contributed by atoms with Gasteiger partial charge in [-0.2, -0.15) is 0 Å². The fourth-order valence-corrected chi connectivity index (χ4v) is 3.47. The summed E-state index contributed by atoms with van der Waals surface area (Å²) >= 11 is 1.79. The van der Waals surface area contributed by atoms with Gasteiger partial charge in [-0.15, -0.1) is 11.3 Å². The van der Waals surface area contributed by atoms with Crippen LogP contribution in [-0.4, -0.2) is 26.2 Å². The molecule has 3 nitrogen and oxygen atoms in total. The average Bonchev–Trinajstić information content (AvgIpc) is 2.82.